The zero-order valence-electron chi connectivity index (χ0n) is 12.0. The molecule has 1 aliphatic carbocycles. The molecule has 4 rings (SSSR count). The Bertz CT molecular complexity index is 692. The summed E-state index contributed by atoms with van der Waals surface area (Å²) in [7, 11) is 0. The molecule has 0 bridgehead atoms. The van der Waals surface area contributed by atoms with Crippen molar-refractivity contribution in [3.05, 3.63) is 35.0 Å². The van der Waals surface area contributed by atoms with Crippen LogP contribution in [0, 0.1) is 5.41 Å². The molecule has 1 aromatic heterocycles. The highest BCUT2D eigenvalue weighted by atomic mass is 35.5. The van der Waals surface area contributed by atoms with Crippen molar-refractivity contribution in [2.75, 3.05) is 13.1 Å². The fourth-order valence-corrected chi connectivity index (χ4v) is 3.93. The largest absolute Gasteiger partial charge is 0.351 e. The molecule has 0 radical (unpaired) electrons. The molecule has 1 aromatic carbocycles. The summed E-state index contributed by atoms with van der Waals surface area (Å²) in [6, 6.07) is 7.57. The van der Waals surface area contributed by atoms with Crippen molar-refractivity contribution < 1.29 is 4.79 Å². The van der Waals surface area contributed by atoms with Gasteiger partial charge in [-0.2, -0.15) is 0 Å². The average molecular weight is 303 g/mol. The Hall–Kier alpha value is -1.48. The van der Waals surface area contributed by atoms with Gasteiger partial charge in [0.1, 0.15) is 5.69 Å². The van der Waals surface area contributed by atoms with Crippen molar-refractivity contribution in [2.45, 2.75) is 32.1 Å². The normalized spacial score (nSPS) is 20.7. The van der Waals surface area contributed by atoms with Crippen LogP contribution < -0.4 is 0 Å². The minimum atomic E-state index is 0.122. The molecule has 2 fully saturated rings. The zero-order valence-corrected chi connectivity index (χ0v) is 12.7. The topological polar surface area (TPSA) is 36.1 Å². The standard InChI is InChI=1S/C17H19ClN2O/c18-13-2-3-14-12(10-13)11-15(19-14)16(21)20-8-6-17(7-9-20)4-1-5-17/h2-3,10-11,19H,1,4-9H2. The number of halogens is 1. The number of aromatic amines is 1. The van der Waals surface area contributed by atoms with Crippen LogP contribution in [0.15, 0.2) is 24.3 Å². The van der Waals surface area contributed by atoms with E-state index in [1.807, 2.05) is 29.2 Å². The highest BCUT2D eigenvalue weighted by Crippen LogP contribution is 2.48. The molecule has 2 aromatic rings. The van der Waals surface area contributed by atoms with Gasteiger partial charge in [0, 0.05) is 29.0 Å². The second-order valence-electron chi connectivity index (χ2n) is 6.56. The number of H-pyrrole nitrogens is 1. The van der Waals surface area contributed by atoms with E-state index in [0.717, 1.165) is 24.0 Å². The molecule has 3 nitrogen and oxygen atoms in total. The van der Waals surface area contributed by atoms with Crippen molar-refractivity contribution in [1.82, 2.24) is 9.88 Å². The van der Waals surface area contributed by atoms with Crippen molar-refractivity contribution in [3.8, 4) is 0 Å². The maximum Gasteiger partial charge on any atom is 0.270 e. The molecule has 1 saturated carbocycles. The van der Waals surface area contributed by atoms with Crippen LogP contribution >= 0.6 is 11.6 Å². The Morgan fingerprint density at radius 2 is 1.90 bits per heavy atom. The van der Waals surface area contributed by atoms with Crippen molar-refractivity contribution in [2.24, 2.45) is 5.41 Å². The Labute approximate surface area is 129 Å². The Morgan fingerprint density at radius 3 is 2.57 bits per heavy atom. The van der Waals surface area contributed by atoms with E-state index in [1.54, 1.807) is 0 Å². The number of aromatic nitrogens is 1. The Balaban J connectivity index is 1.53. The number of nitrogens with one attached hydrogen (secondary N) is 1. The second-order valence-corrected chi connectivity index (χ2v) is 7.00. The predicted octanol–water partition coefficient (Wildman–Crippen LogP) is 4.23. The monoisotopic (exact) mass is 302 g/mol. The van der Waals surface area contributed by atoms with Gasteiger partial charge in [0.25, 0.3) is 5.91 Å². The number of fused-ring (bicyclic) bond motifs is 1. The number of rotatable bonds is 1. The lowest BCUT2D eigenvalue weighted by atomic mass is 9.63. The lowest BCUT2D eigenvalue weighted by Crippen LogP contribution is -2.45. The van der Waals surface area contributed by atoms with Crippen LogP contribution in [0.5, 0.6) is 0 Å². The number of carbonyl (C=O) groups excluding carboxylic acids is 1. The van der Waals surface area contributed by atoms with E-state index >= 15 is 0 Å². The first kappa shape index (κ1) is 13.2. The molecular formula is C17H19ClN2O. The third-order valence-corrected chi connectivity index (χ3v) is 5.57. The van der Waals surface area contributed by atoms with Gasteiger partial charge in [0.15, 0.2) is 0 Å². The quantitative estimate of drug-likeness (QED) is 0.841. The van der Waals surface area contributed by atoms with Crippen molar-refractivity contribution in [3.63, 3.8) is 0 Å². The fourth-order valence-electron chi connectivity index (χ4n) is 3.75. The first-order valence-corrected chi connectivity index (χ1v) is 8.11. The minimum Gasteiger partial charge on any atom is -0.351 e. The third-order valence-electron chi connectivity index (χ3n) is 5.34. The lowest BCUT2D eigenvalue weighted by molar-refractivity contribution is 0.0284. The fraction of sp³-hybridized carbons (Fsp3) is 0.471. The molecule has 2 aliphatic rings. The van der Waals surface area contributed by atoms with Gasteiger partial charge in [-0.05, 0) is 55.4 Å². The van der Waals surface area contributed by atoms with Gasteiger partial charge in [-0.1, -0.05) is 18.0 Å². The van der Waals surface area contributed by atoms with E-state index < -0.39 is 0 Å². The van der Waals surface area contributed by atoms with Crippen molar-refractivity contribution in [1.29, 1.82) is 0 Å². The molecular weight excluding hydrogens is 284 g/mol. The molecule has 21 heavy (non-hydrogen) atoms. The van der Waals surface area contributed by atoms with Crippen LogP contribution in [-0.2, 0) is 0 Å². The van der Waals surface area contributed by atoms with Crippen LogP contribution in [0.4, 0.5) is 0 Å². The van der Waals surface area contributed by atoms with E-state index in [4.69, 9.17) is 11.6 Å². The summed E-state index contributed by atoms with van der Waals surface area (Å²) in [6.45, 7) is 1.80. The molecule has 1 saturated heterocycles. The van der Waals surface area contributed by atoms with Crippen LogP contribution in [-0.4, -0.2) is 28.9 Å². The van der Waals surface area contributed by atoms with Crippen LogP contribution in [0.25, 0.3) is 10.9 Å². The van der Waals surface area contributed by atoms with Gasteiger partial charge in [-0.3, -0.25) is 4.79 Å². The van der Waals surface area contributed by atoms with Gasteiger partial charge >= 0.3 is 0 Å². The smallest absolute Gasteiger partial charge is 0.270 e. The van der Waals surface area contributed by atoms with Gasteiger partial charge < -0.3 is 9.88 Å². The van der Waals surface area contributed by atoms with Crippen LogP contribution in [0.3, 0.4) is 0 Å². The highest BCUT2D eigenvalue weighted by Gasteiger charge is 2.40. The third kappa shape index (κ3) is 2.24. The van der Waals surface area contributed by atoms with E-state index in [0.29, 0.717) is 16.1 Å². The highest BCUT2D eigenvalue weighted by molar-refractivity contribution is 6.31. The van der Waals surface area contributed by atoms with E-state index in [1.165, 1.54) is 32.1 Å². The number of hydrogen-bond donors (Lipinski definition) is 1. The number of piperidine rings is 1. The molecule has 1 amide bonds. The van der Waals surface area contributed by atoms with Crippen LogP contribution in [0.2, 0.25) is 5.02 Å². The van der Waals surface area contributed by atoms with E-state index in [2.05, 4.69) is 4.98 Å². The number of likely N-dealkylation sites (tertiary alicyclic amines) is 1. The van der Waals surface area contributed by atoms with Gasteiger partial charge in [0.2, 0.25) is 0 Å². The van der Waals surface area contributed by atoms with E-state index in [-0.39, 0.29) is 5.91 Å². The summed E-state index contributed by atoms with van der Waals surface area (Å²) < 4.78 is 0. The van der Waals surface area contributed by atoms with Gasteiger partial charge in [-0.25, -0.2) is 0 Å². The van der Waals surface area contributed by atoms with Gasteiger partial charge in [-0.15, -0.1) is 0 Å². The van der Waals surface area contributed by atoms with Crippen molar-refractivity contribution >= 4 is 28.4 Å². The summed E-state index contributed by atoms with van der Waals surface area (Å²) in [5, 5.41) is 1.70. The molecule has 0 atom stereocenters. The number of carbonyl (C=O) groups is 1. The maximum atomic E-state index is 12.6. The Morgan fingerprint density at radius 1 is 1.14 bits per heavy atom. The number of hydrogen-bond acceptors (Lipinski definition) is 1. The lowest BCUT2D eigenvalue weighted by Gasteiger charge is -2.47. The molecule has 1 N–H and O–H groups in total. The SMILES string of the molecule is O=C(c1cc2cc(Cl)ccc2[nH]1)N1CCC2(CCC2)CC1. The molecule has 0 unspecified atom stereocenters. The van der Waals surface area contributed by atoms with Gasteiger partial charge in [0.05, 0.1) is 0 Å². The van der Waals surface area contributed by atoms with E-state index in [9.17, 15) is 4.79 Å². The molecule has 4 heteroatoms. The van der Waals surface area contributed by atoms with Crippen LogP contribution in [0.1, 0.15) is 42.6 Å². The summed E-state index contributed by atoms with van der Waals surface area (Å²) in [4.78, 5) is 17.8. The molecule has 2 heterocycles. The predicted molar refractivity (Wildman–Crippen MR) is 84.7 cm³/mol. The number of benzene rings is 1. The minimum absolute atomic E-state index is 0.122. The first-order chi connectivity index (χ1) is 10.2. The number of nitrogens with zero attached hydrogens (tertiary/aromatic N) is 1. The number of amides is 1. The summed E-state index contributed by atoms with van der Waals surface area (Å²) in [6.07, 6.45) is 6.44. The molecule has 110 valence electrons. The molecule has 1 aliphatic heterocycles. The Kier molecular flexibility index (Phi) is 3.00. The summed E-state index contributed by atoms with van der Waals surface area (Å²) >= 11 is 6.00. The average Bonchev–Trinajstić information content (AvgIpc) is 2.88. The second kappa shape index (κ2) is 4.77. The first-order valence-electron chi connectivity index (χ1n) is 7.73. The zero-order chi connectivity index (χ0) is 14.4. The summed E-state index contributed by atoms with van der Waals surface area (Å²) in [5.41, 5.74) is 2.22. The molecule has 1 spiro atoms. The maximum absolute atomic E-state index is 12.6. The summed E-state index contributed by atoms with van der Waals surface area (Å²) in [5.74, 6) is 0.122.